The van der Waals surface area contributed by atoms with Crippen LogP contribution in [0.4, 0.5) is 0 Å². The van der Waals surface area contributed by atoms with Gasteiger partial charge in [0.05, 0.1) is 6.26 Å². The predicted octanol–water partition coefficient (Wildman–Crippen LogP) is 4.04. The van der Waals surface area contributed by atoms with Crippen LogP contribution in [0.15, 0.2) is 68.2 Å². The average Bonchev–Trinajstić information content (AvgIpc) is 3.33. The fourth-order valence-electron chi connectivity index (χ4n) is 2.71. The number of carbonyl (C=O) groups is 1. The van der Waals surface area contributed by atoms with Crippen molar-refractivity contribution in [2.75, 3.05) is 0 Å². The number of benzene rings is 1. The molecule has 4 rings (SSSR count). The topological polar surface area (TPSA) is 81.4 Å². The molecule has 0 aliphatic carbocycles. The number of hydrogen-bond donors (Lipinski definition) is 1. The lowest BCUT2D eigenvalue weighted by molar-refractivity contribution is 0.0930. The van der Waals surface area contributed by atoms with Crippen LogP contribution < -0.4 is 5.32 Å². The van der Waals surface area contributed by atoms with Gasteiger partial charge in [-0.1, -0.05) is 23.4 Å². The van der Waals surface area contributed by atoms with Crippen LogP contribution in [0, 0.1) is 0 Å². The fraction of sp³-hybridized carbons (Fsp3) is 0.158. The van der Waals surface area contributed by atoms with Gasteiger partial charge in [0.25, 0.3) is 5.91 Å². The second-order valence-corrected chi connectivity index (χ2v) is 5.88. The molecule has 0 bridgehead atoms. The van der Waals surface area contributed by atoms with Gasteiger partial charge in [-0.05, 0) is 31.2 Å². The van der Waals surface area contributed by atoms with Gasteiger partial charge < -0.3 is 18.7 Å². The van der Waals surface area contributed by atoms with E-state index in [-0.39, 0.29) is 17.6 Å². The van der Waals surface area contributed by atoms with E-state index < -0.39 is 0 Å². The standard InChI is InChI=1S/C19H16N2O4/c1-12(9-14-10-13-5-2-3-6-16(13)24-14)20-19(22)15-11-18(25-21-15)17-7-4-8-23-17/h2-8,10-12H,9H2,1H3,(H,20,22)/t12-/m0/s1. The Bertz CT molecular complexity index is 964. The van der Waals surface area contributed by atoms with Crippen molar-refractivity contribution >= 4 is 16.9 Å². The summed E-state index contributed by atoms with van der Waals surface area (Å²) >= 11 is 0. The van der Waals surface area contributed by atoms with Gasteiger partial charge in [-0.25, -0.2) is 0 Å². The number of nitrogens with one attached hydrogen (secondary N) is 1. The monoisotopic (exact) mass is 336 g/mol. The summed E-state index contributed by atoms with van der Waals surface area (Å²) in [5.41, 5.74) is 1.05. The van der Waals surface area contributed by atoms with E-state index in [1.165, 1.54) is 6.26 Å². The van der Waals surface area contributed by atoms with Crippen LogP contribution in [0.25, 0.3) is 22.5 Å². The van der Waals surface area contributed by atoms with Crippen LogP contribution >= 0.6 is 0 Å². The lowest BCUT2D eigenvalue weighted by Gasteiger charge is -2.10. The highest BCUT2D eigenvalue weighted by Crippen LogP contribution is 2.21. The van der Waals surface area contributed by atoms with Crippen molar-refractivity contribution in [3.05, 3.63) is 66.2 Å². The van der Waals surface area contributed by atoms with Crippen LogP contribution in [0.2, 0.25) is 0 Å². The number of rotatable bonds is 5. The van der Waals surface area contributed by atoms with E-state index in [0.717, 1.165) is 16.7 Å². The Kier molecular flexibility index (Phi) is 3.85. The fourth-order valence-corrected chi connectivity index (χ4v) is 2.71. The summed E-state index contributed by atoms with van der Waals surface area (Å²) in [6.07, 6.45) is 2.12. The number of fused-ring (bicyclic) bond motifs is 1. The van der Waals surface area contributed by atoms with Crippen LogP contribution in [0.3, 0.4) is 0 Å². The zero-order valence-electron chi connectivity index (χ0n) is 13.6. The van der Waals surface area contributed by atoms with E-state index in [4.69, 9.17) is 13.4 Å². The quantitative estimate of drug-likeness (QED) is 0.595. The first-order valence-corrected chi connectivity index (χ1v) is 7.98. The van der Waals surface area contributed by atoms with Crippen molar-refractivity contribution in [2.24, 2.45) is 0 Å². The van der Waals surface area contributed by atoms with Gasteiger partial charge in [0, 0.05) is 23.9 Å². The molecule has 1 atom stereocenters. The van der Waals surface area contributed by atoms with Crippen molar-refractivity contribution in [2.45, 2.75) is 19.4 Å². The minimum absolute atomic E-state index is 0.114. The van der Waals surface area contributed by atoms with E-state index >= 15 is 0 Å². The van der Waals surface area contributed by atoms with Crippen molar-refractivity contribution in [3.63, 3.8) is 0 Å². The highest BCUT2D eigenvalue weighted by atomic mass is 16.5. The van der Waals surface area contributed by atoms with Crippen molar-refractivity contribution < 1.29 is 18.2 Å². The average molecular weight is 336 g/mol. The molecule has 1 N–H and O–H groups in total. The normalized spacial score (nSPS) is 12.4. The summed E-state index contributed by atoms with van der Waals surface area (Å²) < 4.78 is 16.2. The third-order valence-corrected chi connectivity index (χ3v) is 3.87. The predicted molar refractivity (Wildman–Crippen MR) is 91.1 cm³/mol. The summed E-state index contributed by atoms with van der Waals surface area (Å²) in [4.78, 5) is 12.3. The van der Waals surface area contributed by atoms with E-state index in [1.807, 2.05) is 37.3 Å². The third-order valence-electron chi connectivity index (χ3n) is 3.87. The van der Waals surface area contributed by atoms with Crippen LogP contribution in [-0.4, -0.2) is 17.1 Å². The summed E-state index contributed by atoms with van der Waals surface area (Å²) in [7, 11) is 0. The maximum atomic E-state index is 12.3. The van der Waals surface area contributed by atoms with Crippen LogP contribution in [0.5, 0.6) is 0 Å². The number of furan rings is 2. The molecule has 0 saturated carbocycles. The molecule has 1 amide bonds. The molecule has 0 fully saturated rings. The van der Waals surface area contributed by atoms with Gasteiger partial charge in [-0.2, -0.15) is 0 Å². The van der Waals surface area contributed by atoms with E-state index in [2.05, 4.69) is 10.5 Å². The molecule has 6 heteroatoms. The zero-order chi connectivity index (χ0) is 17.2. The molecule has 3 aromatic heterocycles. The summed E-state index contributed by atoms with van der Waals surface area (Å²) in [6.45, 7) is 1.92. The smallest absolute Gasteiger partial charge is 0.273 e. The second-order valence-electron chi connectivity index (χ2n) is 5.88. The Morgan fingerprint density at radius 2 is 2.04 bits per heavy atom. The lowest BCUT2D eigenvalue weighted by atomic mass is 10.1. The Labute approximate surface area is 143 Å². The molecule has 3 heterocycles. The molecule has 0 aliphatic heterocycles. The number of para-hydroxylation sites is 1. The molecule has 4 aromatic rings. The molecule has 0 unspecified atom stereocenters. The van der Waals surface area contributed by atoms with Crippen molar-refractivity contribution in [1.82, 2.24) is 10.5 Å². The number of hydrogen-bond acceptors (Lipinski definition) is 5. The molecular formula is C19H16N2O4. The zero-order valence-corrected chi connectivity index (χ0v) is 13.6. The van der Waals surface area contributed by atoms with Gasteiger partial charge in [0.15, 0.2) is 11.5 Å². The van der Waals surface area contributed by atoms with E-state index in [9.17, 15) is 4.79 Å². The first-order chi connectivity index (χ1) is 12.2. The maximum absolute atomic E-state index is 12.3. The number of nitrogens with zero attached hydrogens (tertiary/aromatic N) is 1. The molecule has 126 valence electrons. The second kappa shape index (κ2) is 6.32. The van der Waals surface area contributed by atoms with E-state index in [0.29, 0.717) is 17.9 Å². The Hall–Kier alpha value is -3.28. The Balaban J connectivity index is 1.41. The molecule has 0 saturated heterocycles. The molecule has 25 heavy (non-hydrogen) atoms. The highest BCUT2D eigenvalue weighted by molar-refractivity contribution is 5.93. The van der Waals surface area contributed by atoms with Crippen molar-refractivity contribution in [1.29, 1.82) is 0 Å². The minimum atomic E-state index is -0.301. The molecule has 0 spiro atoms. The molecule has 0 aliphatic rings. The molecule has 6 nitrogen and oxygen atoms in total. The highest BCUT2D eigenvalue weighted by Gasteiger charge is 2.18. The van der Waals surface area contributed by atoms with E-state index in [1.54, 1.807) is 18.2 Å². The van der Waals surface area contributed by atoms with Gasteiger partial charge in [0.2, 0.25) is 5.76 Å². The minimum Gasteiger partial charge on any atom is -0.461 e. The molecule has 0 radical (unpaired) electrons. The molecule has 1 aromatic carbocycles. The largest absolute Gasteiger partial charge is 0.461 e. The number of aromatic nitrogens is 1. The summed E-state index contributed by atoms with van der Waals surface area (Å²) in [5.74, 6) is 1.47. The van der Waals surface area contributed by atoms with Crippen LogP contribution in [-0.2, 0) is 6.42 Å². The van der Waals surface area contributed by atoms with Gasteiger partial charge in [0.1, 0.15) is 11.3 Å². The van der Waals surface area contributed by atoms with Gasteiger partial charge in [-0.3, -0.25) is 4.79 Å². The summed E-state index contributed by atoms with van der Waals surface area (Å²) in [5, 5.41) is 7.74. The SMILES string of the molecule is C[C@@H](Cc1cc2ccccc2o1)NC(=O)c1cc(-c2ccco2)on1. The Morgan fingerprint density at radius 1 is 1.16 bits per heavy atom. The number of carbonyl (C=O) groups excluding carboxylic acids is 1. The van der Waals surface area contributed by atoms with Crippen molar-refractivity contribution in [3.8, 4) is 11.5 Å². The molecular weight excluding hydrogens is 320 g/mol. The van der Waals surface area contributed by atoms with Gasteiger partial charge in [-0.15, -0.1) is 0 Å². The number of amides is 1. The van der Waals surface area contributed by atoms with Gasteiger partial charge >= 0.3 is 0 Å². The first-order valence-electron chi connectivity index (χ1n) is 7.98. The third kappa shape index (κ3) is 3.19. The first kappa shape index (κ1) is 15.3. The Morgan fingerprint density at radius 3 is 2.84 bits per heavy atom. The van der Waals surface area contributed by atoms with Crippen LogP contribution in [0.1, 0.15) is 23.2 Å². The maximum Gasteiger partial charge on any atom is 0.273 e. The lowest BCUT2D eigenvalue weighted by Crippen LogP contribution is -2.34. The summed E-state index contributed by atoms with van der Waals surface area (Å²) in [6, 6.07) is 14.7.